The van der Waals surface area contributed by atoms with Crippen molar-refractivity contribution in [3.63, 3.8) is 0 Å². The molecule has 0 saturated carbocycles. The molecule has 0 aromatic heterocycles. The summed E-state index contributed by atoms with van der Waals surface area (Å²) >= 11 is 5.70. The van der Waals surface area contributed by atoms with E-state index in [0.717, 1.165) is 5.88 Å². The van der Waals surface area contributed by atoms with E-state index in [2.05, 4.69) is 21.0 Å². The number of halogens is 2. The zero-order chi connectivity index (χ0) is 12.3. The van der Waals surface area contributed by atoms with Crippen molar-refractivity contribution in [3.8, 4) is 0 Å². The highest BCUT2D eigenvalue weighted by atomic mass is 35.5. The molecule has 0 spiro atoms. The Kier molecular flexibility index (Phi) is 15.2. The Hall–Kier alpha value is 0.540. The van der Waals surface area contributed by atoms with Gasteiger partial charge in [-0.2, -0.15) is 0 Å². The third kappa shape index (κ3) is 14.5. The first-order chi connectivity index (χ1) is 7.62. The summed E-state index contributed by atoms with van der Waals surface area (Å²) in [6.45, 7) is 4.88. The second-order valence-corrected chi connectivity index (χ2v) is 5.92. The third-order valence-corrected chi connectivity index (χ3v) is 3.53. The number of hydrogen-bond acceptors (Lipinski definition) is 0. The average molecular weight is 284 g/mol. The number of unbranched alkanes of at least 4 members (excludes halogenated alkanes) is 6. The first-order valence-corrected chi connectivity index (χ1v) is 7.54. The van der Waals surface area contributed by atoms with Crippen molar-refractivity contribution in [3.05, 3.63) is 0 Å². The van der Waals surface area contributed by atoms with Gasteiger partial charge in [-0.05, 0) is 25.7 Å². The molecule has 0 N–H and O–H groups in total. The molecule has 106 valence electrons. The van der Waals surface area contributed by atoms with Gasteiger partial charge in [-0.3, -0.25) is 0 Å². The van der Waals surface area contributed by atoms with Crippen molar-refractivity contribution in [1.29, 1.82) is 0 Å². The Balaban J connectivity index is 0. The fraction of sp³-hybridized carbons (Fsp3) is 1.00. The molecule has 1 nitrogen and oxygen atoms in total. The fourth-order valence-corrected chi connectivity index (χ4v) is 2.26. The van der Waals surface area contributed by atoms with Gasteiger partial charge in [0.05, 0.1) is 27.2 Å². The lowest BCUT2D eigenvalue weighted by molar-refractivity contribution is -0.890. The molecule has 0 atom stereocenters. The van der Waals surface area contributed by atoms with Gasteiger partial charge >= 0.3 is 0 Å². The van der Waals surface area contributed by atoms with Gasteiger partial charge in [0.1, 0.15) is 0 Å². The predicted molar refractivity (Wildman–Crippen MR) is 75.2 cm³/mol. The zero-order valence-corrected chi connectivity index (χ0v) is 13.5. The van der Waals surface area contributed by atoms with Crippen LogP contribution in [0.5, 0.6) is 0 Å². The Morgan fingerprint density at radius 3 is 1.76 bits per heavy atom. The van der Waals surface area contributed by atoms with E-state index in [4.69, 9.17) is 11.6 Å². The minimum atomic E-state index is 0. The first kappa shape index (κ1) is 19.9. The lowest BCUT2D eigenvalue weighted by atomic mass is 10.1. The minimum Gasteiger partial charge on any atom is -1.00 e. The number of hydrogen-bond donors (Lipinski definition) is 0. The largest absolute Gasteiger partial charge is 1.00 e. The van der Waals surface area contributed by atoms with Gasteiger partial charge in [-0.15, -0.1) is 11.6 Å². The quantitative estimate of drug-likeness (QED) is 0.306. The van der Waals surface area contributed by atoms with Crippen molar-refractivity contribution < 1.29 is 16.9 Å². The van der Waals surface area contributed by atoms with Gasteiger partial charge in [0.25, 0.3) is 0 Å². The monoisotopic (exact) mass is 283 g/mol. The van der Waals surface area contributed by atoms with Crippen LogP contribution in [0.4, 0.5) is 0 Å². The van der Waals surface area contributed by atoms with Crippen LogP contribution < -0.4 is 12.4 Å². The van der Waals surface area contributed by atoms with Crippen LogP contribution in [0.3, 0.4) is 0 Å². The molecule has 0 fully saturated rings. The molecule has 0 unspecified atom stereocenters. The molecule has 0 amide bonds. The van der Waals surface area contributed by atoms with E-state index in [1.807, 2.05) is 0 Å². The molecule has 3 heteroatoms. The second-order valence-electron chi connectivity index (χ2n) is 5.55. The summed E-state index contributed by atoms with van der Waals surface area (Å²) in [6.07, 6.45) is 10.8. The molecule has 0 saturated heterocycles. The van der Waals surface area contributed by atoms with Crippen LogP contribution >= 0.6 is 11.6 Å². The smallest absolute Gasteiger partial charge is 0.0782 e. The topological polar surface area (TPSA) is 0 Å². The predicted octanol–water partition coefficient (Wildman–Crippen LogP) is 1.45. The zero-order valence-electron chi connectivity index (χ0n) is 12.0. The highest BCUT2D eigenvalue weighted by Crippen LogP contribution is 2.09. The Bertz CT molecular complexity index is 149. The van der Waals surface area contributed by atoms with Crippen molar-refractivity contribution in [2.45, 2.75) is 58.3 Å². The number of alkyl halides is 1. The molecule has 0 aromatic carbocycles. The van der Waals surface area contributed by atoms with E-state index in [9.17, 15) is 0 Å². The number of rotatable bonds is 11. The van der Waals surface area contributed by atoms with E-state index in [-0.39, 0.29) is 12.4 Å². The van der Waals surface area contributed by atoms with Crippen LogP contribution in [0.1, 0.15) is 58.3 Å². The fourth-order valence-electron chi connectivity index (χ4n) is 2.07. The average Bonchev–Trinajstić information content (AvgIpc) is 2.23. The summed E-state index contributed by atoms with van der Waals surface area (Å²) in [6, 6.07) is 0. The van der Waals surface area contributed by atoms with E-state index < -0.39 is 0 Å². The second kappa shape index (κ2) is 13.0. The molecule has 0 aliphatic rings. The lowest BCUT2D eigenvalue weighted by Gasteiger charge is -2.29. The molecular formula is C14H31Cl2N. The van der Waals surface area contributed by atoms with E-state index in [1.165, 1.54) is 68.9 Å². The van der Waals surface area contributed by atoms with Crippen LogP contribution in [0, 0.1) is 0 Å². The van der Waals surface area contributed by atoms with Crippen LogP contribution in [-0.2, 0) is 0 Å². The SMILES string of the molecule is CCCCCCCC[N+](C)(C)CCCCCl.[Cl-]. The summed E-state index contributed by atoms with van der Waals surface area (Å²) in [5, 5.41) is 0. The molecule has 0 aliphatic carbocycles. The maximum absolute atomic E-state index is 5.70. The van der Waals surface area contributed by atoms with Crippen molar-refractivity contribution in [1.82, 2.24) is 0 Å². The number of quaternary nitrogens is 1. The van der Waals surface area contributed by atoms with Gasteiger partial charge in [-0.1, -0.05) is 32.6 Å². The van der Waals surface area contributed by atoms with E-state index in [1.54, 1.807) is 0 Å². The van der Waals surface area contributed by atoms with Gasteiger partial charge < -0.3 is 16.9 Å². The van der Waals surface area contributed by atoms with Gasteiger partial charge in [0, 0.05) is 5.88 Å². The Labute approximate surface area is 120 Å². The van der Waals surface area contributed by atoms with Crippen LogP contribution in [0.2, 0.25) is 0 Å². The van der Waals surface area contributed by atoms with Crippen LogP contribution in [0.15, 0.2) is 0 Å². The molecule has 0 aliphatic heterocycles. The molecule has 0 radical (unpaired) electrons. The van der Waals surface area contributed by atoms with Gasteiger partial charge in [-0.25, -0.2) is 0 Å². The lowest BCUT2D eigenvalue weighted by Crippen LogP contribution is -3.00. The highest BCUT2D eigenvalue weighted by molar-refractivity contribution is 6.17. The van der Waals surface area contributed by atoms with Gasteiger partial charge in [0.15, 0.2) is 0 Å². The van der Waals surface area contributed by atoms with Crippen LogP contribution in [0.25, 0.3) is 0 Å². The molecule has 0 aromatic rings. The maximum Gasteiger partial charge on any atom is 0.0782 e. The van der Waals surface area contributed by atoms with E-state index in [0.29, 0.717) is 0 Å². The normalized spacial score (nSPS) is 11.3. The Morgan fingerprint density at radius 2 is 1.24 bits per heavy atom. The summed E-state index contributed by atoms with van der Waals surface area (Å²) in [7, 11) is 4.69. The summed E-state index contributed by atoms with van der Waals surface area (Å²) < 4.78 is 1.17. The maximum atomic E-state index is 5.70. The molecule has 17 heavy (non-hydrogen) atoms. The molecular weight excluding hydrogens is 253 g/mol. The van der Waals surface area contributed by atoms with Crippen molar-refractivity contribution in [2.75, 3.05) is 33.1 Å². The summed E-state index contributed by atoms with van der Waals surface area (Å²) in [4.78, 5) is 0. The van der Waals surface area contributed by atoms with Crippen LogP contribution in [-0.4, -0.2) is 37.5 Å². The van der Waals surface area contributed by atoms with Gasteiger partial charge in [0.2, 0.25) is 0 Å². The molecule has 0 bridgehead atoms. The summed E-state index contributed by atoms with van der Waals surface area (Å²) in [5.74, 6) is 0.816. The number of nitrogens with zero attached hydrogens (tertiary/aromatic N) is 1. The Morgan fingerprint density at radius 1 is 0.765 bits per heavy atom. The van der Waals surface area contributed by atoms with E-state index >= 15 is 0 Å². The standard InChI is InChI=1S/C14H31ClN.ClH/c1-4-5-6-7-8-10-13-16(2,3)14-11-9-12-15;/h4-14H2,1-3H3;1H/q+1;/p-1. The third-order valence-electron chi connectivity index (χ3n) is 3.26. The highest BCUT2D eigenvalue weighted by Gasteiger charge is 2.13. The molecule has 0 heterocycles. The molecule has 0 rings (SSSR count). The minimum absolute atomic E-state index is 0. The summed E-state index contributed by atoms with van der Waals surface area (Å²) in [5.41, 5.74) is 0. The van der Waals surface area contributed by atoms with Crippen molar-refractivity contribution >= 4 is 11.6 Å². The first-order valence-electron chi connectivity index (χ1n) is 7.00. The van der Waals surface area contributed by atoms with Crippen molar-refractivity contribution in [2.24, 2.45) is 0 Å².